The van der Waals surface area contributed by atoms with Crippen LogP contribution in [-0.2, 0) is 4.79 Å². The molecule has 0 aromatic heterocycles. The highest BCUT2D eigenvalue weighted by atomic mass is 32.2. The second-order valence-corrected chi connectivity index (χ2v) is 8.69. The summed E-state index contributed by atoms with van der Waals surface area (Å²) in [5, 5.41) is 2.87. The second-order valence-electron chi connectivity index (χ2n) is 7.67. The molecular weight excluding hydrogens is 396 g/mol. The van der Waals surface area contributed by atoms with E-state index in [9.17, 15) is 14.4 Å². The maximum atomic E-state index is 12.8. The van der Waals surface area contributed by atoms with E-state index in [1.165, 1.54) is 37.9 Å². The monoisotopic (exact) mass is 424 g/mol. The molecule has 0 saturated heterocycles. The highest BCUT2D eigenvalue weighted by Gasteiger charge is 2.22. The minimum Gasteiger partial charge on any atom is -0.342 e. The van der Waals surface area contributed by atoms with Gasteiger partial charge < -0.3 is 10.2 Å². The number of carbonyl (C=O) groups is 3. The first kappa shape index (κ1) is 22.1. The molecule has 30 heavy (non-hydrogen) atoms. The van der Waals surface area contributed by atoms with E-state index in [2.05, 4.69) is 5.32 Å². The molecule has 2 amide bonds. The van der Waals surface area contributed by atoms with Gasteiger partial charge in [-0.15, -0.1) is 11.8 Å². The Balaban J connectivity index is 1.62. The van der Waals surface area contributed by atoms with Crippen molar-refractivity contribution >= 4 is 35.0 Å². The van der Waals surface area contributed by atoms with Crippen LogP contribution in [0.1, 0.15) is 59.7 Å². The molecular formula is C24H28N2O3S. The first-order chi connectivity index (χ1) is 14.5. The fourth-order valence-electron chi connectivity index (χ4n) is 3.68. The van der Waals surface area contributed by atoms with Gasteiger partial charge in [0.15, 0.2) is 5.78 Å². The Bertz CT molecular complexity index is 905. The molecule has 1 aliphatic rings. The zero-order valence-electron chi connectivity index (χ0n) is 17.5. The Labute approximate surface area is 182 Å². The maximum absolute atomic E-state index is 12.8. The van der Waals surface area contributed by atoms with Crippen molar-refractivity contribution in [2.24, 2.45) is 0 Å². The molecule has 1 aliphatic carbocycles. The highest BCUT2D eigenvalue weighted by Crippen LogP contribution is 2.26. The zero-order valence-corrected chi connectivity index (χ0v) is 18.3. The predicted octanol–water partition coefficient (Wildman–Crippen LogP) is 5.02. The van der Waals surface area contributed by atoms with Gasteiger partial charge in [-0.1, -0.05) is 31.4 Å². The second kappa shape index (κ2) is 10.4. The van der Waals surface area contributed by atoms with Crippen LogP contribution in [0.2, 0.25) is 0 Å². The summed E-state index contributed by atoms with van der Waals surface area (Å²) in [5.41, 5.74) is 1.76. The third kappa shape index (κ3) is 5.72. The molecule has 158 valence electrons. The molecule has 2 aromatic rings. The van der Waals surface area contributed by atoms with Crippen LogP contribution in [0.15, 0.2) is 53.4 Å². The van der Waals surface area contributed by atoms with Crippen LogP contribution in [0.5, 0.6) is 0 Å². The molecule has 0 bridgehead atoms. The molecule has 0 aliphatic heterocycles. The lowest BCUT2D eigenvalue weighted by molar-refractivity contribution is -0.129. The van der Waals surface area contributed by atoms with Crippen molar-refractivity contribution in [3.8, 4) is 0 Å². The largest absolute Gasteiger partial charge is 0.342 e. The van der Waals surface area contributed by atoms with Crippen LogP contribution < -0.4 is 5.32 Å². The summed E-state index contributed by atoms with van der Waals surface area (Å²) in [5.74, 6) is 0.158. The number of rotatable bonds is 7. The number of nitrogens with one attached hydrogen (secondary N) is 1. The maximum Gasteiger partial charge on any atom is 0.256 e. The van der Waals surface area contributed by atoms with Gasteiger partial charge in [-0.2, -0.15) is 0 Å². The Morgan fingerprint density at radius 1 is 1.00 bits per heavy atom. The summed E-state index contributed by atoms with van der Waals surface area (Å²) in [4.78, 5) is 39.5. The lowest BCUT2D eigenvalue weighted by atomic mass is 9.94. The van der Waals surface area contributed by atoms with Crippen molar-refractivity contribution in [1.29, 1.82) is 0 Å². The Morgan fingerprint density at radius 2 is 1.67 bits per heavy atom. The summed E-state index contributed by atoms with van der Waals surface area (Å²) in [6, 6.07) is 14.5. The van der Waals surface area contributed by atoms with E-state index in [1.54, 1.807) is 30.3 Å². The third-order valence-electron chi connectivity index (χ3n) is 5.55. The first-order valence-electron chi connectivity index (χ1n) is 10.4. The summed E-state index contributed by atoms with van der Waals surface area (Å²) >= 11 is 1.40. The van der Waals surface area contributed by atoms with Crippen LogP contribution in [-0.4, -0.2) is 41.3 Å². The van der Waals surface area contributed by atoms with E-state index in [4.69, 9.17) is 0 Å². The number of hydrogen-bond acceptors (Lipinski definition) is 4. The predicted molar refractivity (Wildman–Crippen MR) is 121 cm³/mol. The number of amides is 2. The van der Waals surface area contributed by atoms with Crippen LogP contribution in [0, 0.1) is 0 Å². The van der Waals surface area contributed by atoms with Crippen LogP contribution in [0.3, 0.4) is 0 Å². The smallest absolute Gasteiger partial charge is 0.256 e. The van der Waals surface area contributed by atoms with Crippen LogP contribution in [0.4, 0.5) is 5.69 Å². The molecule has 0 radical (unpaired) electrons. The Hall–Kier alpha value is -2.60. The minimum atomic E-state index is -0.234. The van der Waals surface area contributed by atoms with Crippen molar-refractivity contribution in [1.82, 2.24) is 4.90 Å². The van der Waals surface area contributed by atoms with Gasteiger partial charge in [-0.25, -0.2) is 0 Å². The molecule has 0 atom stereocenters. The highest BCUT2D eigenvalue weighted by molar-refractivity contribution is 8.00. The number of hydrogen-bond donors (Lipinski definition) is 1. The molecule has 3 rings (SSSR count). The van der Waals surface area contributed by atoms with Gasteiger partial charge >= 0.3 is 0 Å². The van der Waals surface area contributed by atoms with Gasteiger partial charge in [0, 0.05) is 29.2 Å². The van der Waals surface area contributed by atoms with Gasteiger partial charge in [0.25, 0.3) is 5.91 Å². The van der Waals surface area contributed by atoms with Crippen molar-refractivity contribution in [3.63, 3.8) is 0 Å². The van der Waals surface area contributed by atoms with Crippen molar-refractivity contribution in [2.75, 3.05) is 18.1 Å². The fourth-order valence-corrected chi connectivity index (χ4v) is 4.65. The van der Waals surface area contributed by atoms with Gasteiger partial charge in [-0.3, -0.25) is 14.4 Å². The molecule has 0 heterocycles. The van der Waals surface area contributed by atoms with Crippen LogP contribution in [0.25, 0.3) is 0 Å². The van der Waals surface area contributed by atoms with Crippen molar-refractivity contribution in [3.05, 3.63) is 59.7 Å². The van der Waals surface area contributed by atoms with E-state index in [0.717, 1.165) is 17.7 Å². The van der Waals surface area contributed by atoms with Gasteiger partial charge in [0.05, 0.1) is 11.3 Å². The summed E-state index contributed by atoms with van der Waals surface area (Å²) < 4.78 is 0. The van der Waals surface area contributed by atoms with Crippen molar-refractivity contribution < 1.29 is 14.4 Å². The van der Waals surface area contributed by atoms with E-state index in [-0.39, 0.29) is 17.6 Å². The average Bonchev–Trinajstić information content (AvgIpc) is 2.78. The van der Waals surface area contributed by atoms with Crippen LogP contribution >= 0.6 is 11.8 Å². The number of thioether (sulfide) groups is 1. The Morgan fingerprint density at radius 3 is 2.33 bits per heavy atom. The van der Waals surface area contributed by atoms with E-state index in [1.807, 2.05) is 30.1 Å². The lowest BCUT2D eigenvalue weighted by Crippen LogP contribution is -2.39. The molecule has 5 nitrogen and oxygen atoms in total. The number of anilines is 1. The number of nitrogens with zero attached hydrogens (tertiary/aromatic N) is 1. The molecule has 6 heteroatoms. The molecule has 0 unspecified atom stereocenters. The number of ketones is 1. The fraction of sp³-hybridized carbons (Fsp3) is 0.375. The van der Waals surface area contributed by atoms with Crippen molar-refractivity contribution in [2.45, 2.75) is 50.0 Å². The summed E-state index contributed by atoms with van der Waals surface area (Å²) in [6.45, 7) is 1.51. The summed E-state index contributed by atoms with van der Waals surface area (Å²) in [7, 11) is 1.89. The molecule has 0 spiro atoms. The molecule has 1 N–H and O–H groups in total. The lowest BCUT2D eigenvalue weighted by Gasteiger charge is -2.31. The van der Waals surface area contributed by atoms with Gasteiger partial charge in [0.1, 0.15) is 0 Å². The molecule has 2 aromatic carbocycles. The molecule has 1 saturated carbocycles. The van der Waals surface area contributed by atoms with Gasteiger partial charge in [-0.05, 0) is 56.2 Å². The summed E-state index contributed by atoms with van der Waals surface area (Å²) in [6.07, 6.45) is 5.79. The molecule has 1 fully saturated rings. The van der Waals surface area contributed by atoms with E-state index >= 15 is 0 Å². The quantitative estimate of drug-likeness (QED) is 0.500. The standard InChI is InChI=1S/C24H28N2O3S/c1-17(27)18-12-14-19(15-13-18)25-24(29)21-10-6-7-11-22(21)30-16-23(28)26(2)20-8-4-3-5-9-20/h6-7,10-15,20H,3-5,8-9,16H2,1-2H3,(H,25,29). The SMILES string of the molecule is CC(=O)c1ccc(NC(=O)c2ccccc2SCC(=O)N(C)C2CCCCC2)cc1. The minimum absolute atomic E-state index is 0.0162. The third-order valence-corrected chi connectivity index (χ3v) is 6.61. The number of Topliss-reactive ketones (excluding diaryl/α,β-unsaturated/α-hetero) is 1. The van der Waals surface area contributed by atoms with E-state index < -0.39 is 0 Å². The first-order valence-corrected chi connectivity index (χ1v) is 11.3. The van der Waals surface area contributed by atoms with Gasteiger partial charge in [0.2, 0.25) is 5.91 Å². The van der Waals surface area contributed by atoms with E-state index in [0.29, 0.717) is 28.6 Å². The average molecular weight is 425 g/mol. The normalized spacial score (nSPS) is 14.2. The number of carbonyl (C=O) groups excluding carboxylic acids is 3. The topological polar surface area (TPSA) is 66.5 Å². The zero-order chi connectivity index (χ0) is 21.5. The number of benzene rings is 2. The Kier molecular flexibility index (Phi) is 7.69.